The highest BCUT2D eigenvalue weighted by Gasteiger charge is 2.42. The van der Waals surface area contributed by atoms with Crippen LogP contribution >= 0.6 is 0 Å². The summed E-state index contributed by atoms with van der Waals surface area (Å²) in [7, 11) is 1.59. The number of amides is 3. The number of imide groups is 1. The van der Waals surface area contributed by atoms with Gasteiger partial charge in [0.15, 0.2) is 0 Å². The van der Waals surface area contributed by atoms with Gasteiger partial charge in [-0.3, -0.25) is 24.2 Å². The highest BCUT2D eigenvalue weighted by Crippen LogP contribution is 2.26. The van der Waals surface area contributed by atoms with E-state index in [0.29, 0.717) is 25.9 Å². The van der Waals surface area contributed by atoms with E-state index in [-0.39, 0.29) is 36.6 Å². The van der Waals surface area contributed by atoms with Crippen LogP contribution in [0.2, 0.25) is 0 Å². The molecule has 2 aliphatic heterocycles. The fourth-order valence-corrected chi connectivity index (χ4v) is 3.53. The molecule has 0 saturated carbocycles. The lowest BCUT2D eigenvalue weighted by molar-refractivity contribution is -0.140. The molecule has 0 bridgehead atoms. The molecule has 1 unspecified atom stereocenters. The predicted octanol–water partition coefficient (Wildman–Crippen LogP) is 0.520. The van der Waals surface area contributed by atoms with Crippen LogP contribution in [-0.4, -0.2) is 53.8 Å². The Balaban J connectivity index is 1.63. The van der Waals surface area contributed by atoms with E-state index < -0.39 is 6.04 Å². The van der Waals surface area contributed by atoms with Gasteiger partial charge >= 0.3 is 0 Å². The Labute approximate surface area is 146 Å². The molecule has 7 nitrogen and oxygen atoms in total. The van der Waals surface area contributed by atoms with Crippen molar-refractivity contribution in [3.8, 4) is 5.75 Å². The zero-order valence-corrected chi connectivity index (χ0v) is 14.3. The first-order chi connectivity index (χ1) is 12.0. The lowest BCUT2D eigenvalue weighted by Gasteiger charge is -2.33. The Morgan fingerprint density at radius 1 is 1.20 bits per heavy atom. The zero-order chi connectivity index (χ0) is 18.0. The molecule has 2 N–H and O–H groups in total. The lowest BCUT2D eigenvalue weighted by atomic mass is 9.95. The van der Waals surface area contributed by atoms with Crippen molar-refractivity contribution in [3.05, 3.63) is 29.8 Å². The van der Waals surface area contributed by atoms with Gasteiger partial charge in [0.2, 0.25) is 17.7 Å². The van der Waals surface area contributed by atoms with E-state index in [1.165, 1.54) is 4.90 Å². The van der Waals surface area contributed by atoms with Gasteiger partial charge < -0.3 is 10.5 Å². The first kappa shape index (κ1) is 17.4. The van der Waals surface area contributed by atoms with Crippen LogP contribution in [0.4, 0.5) is 0 Å². The Hall–Kier alpha value is -2.41. The first-order valence-electron chi connectivity index (χ1n) is 8.50. The number of likely N-dealkylation sites (tertiary alicyclic amines) is 2. The second-order valence-corrected chi connectivity index (χ2v) is 6.60. The maximum atomic E-state index is 12.7. The van der Waals surface area contributed by atoms with Crippen molar-refractivity contribution in [3.63, 3.8) is 0 Å². The van der Waals surface area contributed by atoms with E-state index in [4.69, 9.17) is 10.5 Å². The summed E-state index contributed by atoms with van der Waals surface area (Å²) >= 11 is 0. The molecule has 2 aliphatic rings. The molecule has 1 aromatic rings. The van der Waals surface area contributed by atoms with E-state index >= 15 is 0 Å². The van der Waals surface area contributed by atoms with Crippen LogP contribution in [0.25, 0.3) is 0 Å². The molecule has 0 spiro atoms. The fourth-order valence-electron chi connectivity index (χ4n) is 3.53. The molecule has 25 heavy (non-hydrogen) atoms. The molecule has 2 saturated heterocycles. The van der Waals surface area contributed by atoms with Crippen molar-refractivity contribution in [1.29, 1.82) is 0 Å². The average molecular weight is 345 g/mol. The first-order valence-corrected chi connectivity index (χ1v) is 8.50. The zero-order valence-electron chi connectivity index (χ0n) is 14.3. The molecule has 1 aromatic carbocycles. The molecular weight excluding hydrogens is 322 g/mol. The van der Waals surface area contributed by atoms with Gasteiger partial charge in [-0.25, -0.2) is 0 Å². The van der Waals surface area contributed by atoms with E-state index in [0.717, 1.165) is 11.3 Å². The molecular formula is C18H23N3O4. The summed E-state index contributed by atoms with van der Waals surface area (Å²) in [5, 5.41) is 0. The quantitative estimate of drug-likeness (QED) is 0.786. The van der Waals surface area contributed by atoms with Crippen molar-refractivity contribution in [2.45, 2.75) is 31.8 Å². The van der Waals surface area contributed by atoms with Crippen LogP contribution in [0.3, 0.4) is 0 Å². The van der Waals surface area contributed by atoms with E-state index in [1.54, 1.807) is 7.11 Å². The Morgan fingerprint density at radius 3 is 2.40 bits per heavy atom. The van der Waals surface area contributed by atoms with Crippen LogP contribution in [0.15, 0.2) is 24.3 Å². The van der Waals surface area contributed by atoms with Gasteiger partial charge in [0.05, 0.1) is 26.1 Å². The Bertz CT molecular complexity index is 665. The monoisotopic (exact) mass is 345 g/mol. The maximum absolute atomic E-state index is 12.7. The molecule has 7 heteroatoms. The van der Waals surface area contributed by atoms with E-state index in [9.17, 15) is 14.4 Å². The molecule has 134 valence electrons. The van der Waals surface area contributed by atoms with Gasteiger partial charge in [-0.2, -0.15) is 0 Å². The second-order valence-electron chi connectivity index (χ2n) is 6.60. The van der Waals surface area contributed by atoms with Crippen molar-refractivity contribution >= 4 is 17.7 Å². The number of carbonyl (C=O) groups is 3. The van der Waals surface area contributed by atoms with E-state index in [2.05, 4.69) is 0 Å². The average Bonchev–Trinajstić information content (AvgIpc) is 2.90. The predicted molar refractivity (Wildman–Crippen MR) is 90.4 cm³/mol. The third-order valence-electron chi connectivity index (χ3n) is 5.09. The van der Waals surface area contributed by atoms with Gasteiger partial charge in [0.1, 0.15) is 5.75 Å². The number of hydrogen-bond donors (Lipinski definition) is 1. The van der Waals surface area contributed by atoms with Gasteiger partial charge in [-0.15, -0.1) is 0 Å². The van der Waals surface area contributed by atoms with Crippen molar-refractivity contribution in [2.24, 2.45) is 11.7 Å². The standard InChI is InChI=1S/C18H23N3O4/c1-25-14-4-2-12(3-5-14)11-21-16(22)10-15(18(21)24)20-8-6-13(7-9-20)17(19)23/h2-5,13,15H,6-11H2,1H3,(H2,19,23). The minimum atomic E-state index is -0.417. The molecule has 0 aliphatic carbocycles. The van der Waals surface area contributed by atoms with Crippen LogP contribution in [0, 0.1) is 5.92 Å². The number of piperidine rings is 1. The number of ether oxygens (including phenoxy) is 1. The Morgan fingerprint density at radius 2 is 1.84 bits per heavy atom. The smallest absolute Gasteiger partial charge is 0.247 e. The summed E-state index contributed by atoms with van der Waals surface area (Å²) in [6.07, 6.45) is 1.49. The van der Waals surface area contributed by atoms with Gasteiger partial charge in [0.25, 0.3) is 0 Å². The summed E-state index contributed by atoms with van der Waals surface area (Å²) < 4.78 is 5.12. The van der Waals surface area contributed by atoms with Crippen molar-refractivity contribution < 1.29 is 19.1 Å². The van der Waals surface area contributed by atoms with E-state index in [1.807, 2.05) is 29.2 Å². The number of carbonyl (C=O) groups excluding carboxylic acids is 3. The van der Waals surface area contributed by atoms with Gasteiger partial charge in [0, 0.05) is 5.92 Å². The van der Waals surface area contributed by atoms with Crippen LogP contribution in [-0.2, 0) is 20.9 Å². The minimum Gasteiger partial charge on any atom is -0.497 e. The summed E-state index contributed by atoms with van der Waals surface area (Å²) in [5.74, 6) is 0.0210. The SMILES string of the molecule is COc1ccc(CN2C(=O)CC(N3CCC(C(N)=O)CC3)C2=O)cc1. The number of primary amides is 1. The van der Waals surface area contributed by atoms with Crippen molar-refractivity contribution in [1.82, 2.24) is 9.80 Å². The molecule has 2 fully saturated rings. The second kappa shape index (κ2) is 7.23. The topological polar surface area (TPSA) is 92.9 Å². The molecule has 0 radical (unpaired) electrons. The molecule has 3 amide bonds. The van der Waals surface area contributed by atoms with Gasteiger partial charge in [-0.1, -0.05) is 12.1 Å². The normalized spacial score (nSPS) is 22.4. The Kier molecular flexibility index (Phi) is 5.03. The van der Waals surface area contributed by atoms with Crippen LogP contribution < -0.4 is 10.5 Å². The van der Waals surface area contributed by atoms with Crippen LogP contribution in [0.1, 0.15) is 24.8 Å². The number of rotatable bonds is 5. The summed E-state index contributed by atoms with van der Waals surface area (Å²) in [6.45, 7) is 1.51. The number of methoxy groups -OCH3 is 1. The summed E-state index contributed by atoms with van der Waals surface area (Å²) in [6, 6.07) is 6.91. The number of benzene rings is 1. The number of hydrogen-bond acceptors (Lipinski definition) is 5. The van der Waals surface area contributed by atoms with Crippen molar-refractivity contribution in [2.75, 3.05) is 20.2 Å². The number of nitrogens with zero attached hydrogens (tertiary/aromatic N) is 2. The molecule has 3 rings (SSSR count). The van der Waals surface area contributed by atoms with Crippen LogP contribution in [0.5, 0.6) is 5.75 Å². The third kappa shape index (κ3) is 3.66. The minimum absolute atomic E-state index is 0.126. The molecule has 0 aromatic heterocycles. The fraction of sp³-hybridized carbons (Fsp3) is 0.500. The highest BCUT2D eigenvalue weighted by atomic mass is 16.5. The molecule has 2 heterocycles. The lowest BCUT2D eigenvalue weighted by Crippen LogP contribution is -2.47. The summed E-state index contributed by atoms with van der Waals surface area (Å²) in [5.41, 5.74) is 6.23. The van der Waals surface area contributed by atoms with Gasteiger partial charge in [-0.05, 0) is 43.6 Å². The highest BCUT2D eigenvalue weighted by molar-refractivity contribution is 6.05. The summed E-state index contributed by atoms with van der Waals surface area (Å²) in [4.78, 5) is 39.6. The number of nitrogens with two attached hydrogens (primary N) is 1. The third-order valence-corrected chi connectivity index (χ3v) is 5.09. The largest absolute Gasteiger partial charge is 0.497 e. The molecule has 1 atom stereocenters. The maximum Gasteiger partial charge on any atom is 0.247 e.